The van der Waals surface area contributed by atoms with Crippen molar-refractivity contribution in [2.24, 2.45) is 0 Å². The van der Waals surface area contributed by atoms with E-state index in [0.29, 0.717) is 19.6 Å². The average Bonchev–Trinajstić information content (AvgIpc) is 2.68. The van der Waals surface area contributed by atoms with Crippen LogP contribution in [0.4, 0.5) is 5.69 Å². The number of hydrogen-bond acceptors (Lipinski definition) is 4. The first kappa shape index (κ1) is 14.5. The number of carbonyl (C=O) groups is 1. The molecular weight excluding hydrogens is 290 g/mol. The van der Waals surface area contributed by atoms with Gasteiger partial charge in [0.25, 0.3) is 0 Å². The van der Waals surface area contributed by atoms with E-state index in [1.165, 1.54) is 4.31 Å². The molecule has 2 aliphatic heterocycles. The van der Waals surface area contributed by atoms with Crippen molar-refractivity contribution in [3.05, 3.63) is 23.8 Å². The lowest BCUT2D eigenvalue weighted by Gasteiger charge is -2.36. The van der Waals surface area contributed by atoms with Gasteiger partial charge >= 0.3 is 0 Å². The molecule has 0 spiro atoms. The molecule has 0 bridgehead atoms. The van der Waals surface area contributed by atoms with Gasteiger partial charge in [-0.1, -0.05) is 6.92 Å². The third-order valence-corrected chi connectivity index (χ3v) is 6.24. The van der Waals surface area contributed by atoms with Gasteiger partial charge in [-0.15, -0.1) is 0 Å². The highest BCUT2D eigenvalue weighted by atomic mass is 32.2. The summed E-state index contributed by atoms with van der Waals surface area (Å²) in [6.07, 6.45) is 0.270. The fourth-order valence-electron chi connectivity index (χ4n) is 2.84. The Balaban J connectivity index is 1.97. The smallest absolute Gasteiger partial charge is 0.243 e. The van der Waals surface area contributed by atoms with Crippen LogP contribution < -0.4 is 10.2 Å². The Bertz CT molecular complexity index is 683. The van der Waals surface area contributed by atoms with Crippen LogP contribution in [0.3, 0.4) is 0 Å². The molecular formula is C14H19N3O3S. The number of nitrogens with zero attached hydrogens (tertiary/aromatic N) is 2. The second-order valence-electron chi connectivity index (χ2n) is 5.44. The molecule has 2 heterocycles. The number of sulfonamides is 1. The Morgan fingerprint density at radius 2 is 2.10 bits per heavy atom. The third-order valence-electron chi connectivity index (χ3n) is 4.21. The normalized spacial score (nSPS) is 19.0. The Kier molecular flexibility index (Phi) is 3.51. The lowest BCUT2D eigenvalue weighted by Crippen LogP contribution is -2.58. The highest BCUT2D eigenvalue weighted by molar-refractivity contribution is 7.89. The zero-order valence-electron chi connectivity index (χ0n) is 12.2. The summed E-state index contributed by atoms with van der Waals surface area (Å²) < 4.78 is 27.1. The fraction of sp³-hybridized carbons (Fsp3) is 0.500. The predicted molar refractivity (Wildman–Crippen MR) is 79.8 cm³/mol. The van der Waals surface area contributed by atoms with Crippen LogP contribution in [0.5, 0.6) is 0 Å². The molecule has 2 aliphatic rings. The Morgan fingerprint density at radius 3 is 2.67 bits per heavy atom. The minimum atomic E-state index is -3.50. The maximum Gasteiger partial charge on any atom is 0.243 e. The summed E-state index contributed by atoms with van der Waals surface area (Å²) in [5.74, 6) is -0.00455. The molecule has 0 radical (unpaired) electrons. The van der Waals surface area contributed by atoms with E-state index < -0.39 is 10.0 Å². The minimum absolute atomic E-state index is 0.00455. The predicted octanol–water partition coefficient (Wildman–Crippen LogP) is 0.188. The molecule has 1 amide bonds. The third kappa shape index (κ3) is 2.25. The van der Waals surface area contributed by atoms with Gasteiger partial charge in [-0.05, 0) is 23.8 Å². The quantitative estimate of drug-likeness (QED) is 0.862. The lowest BCUT2D eigenvalue weighted by atomic mass is 10.2. The van der Waals surface area contributed by atoms with Crippen LogP contribution in [0.15, 0.2) is 23.1 Å². The lowest BCUT2D eigenvalue weighted by molar-refractivity contribution is -0.117. The van der Waals surface area contributed by atoms with Crippen molar-refractivity contribution in [2.45, 2.75) is 24.3 Å². The summed E-state index contributed by atoms with van der Waals surface area (Å²) in [6, 6.07) is 4.98. The highest BCUT2D eigenvalue weighted by Crippen LogP contribution is 2.31. The van der Waals surface area contributed by atoms with Gasteiger partial charge in [0.05, 0.1) is 11.3 Å². The Hall–Kier alpha value is -1.44. The van der Waals surface area contributed by atoms with Gasteiger partial charge in [0.2, 0.25) is 15.9 Å². The Morgan fingerprint density at radius 1 is 1.38 bits per heavy atom. The number of fused-ring (bicyclic) bond motifs is 1. The first-order valence-corrected chi connectivity index (χ1v) is 8.51. The molecule has 0 aromatic heterocycles. The first-order valence-electron chi connectivity index (χ1n) is 7.07. The largest absolute Gasteiger partial charge is 0.315 e. The van der Waals surface area contributed by atoms with Gasteiger partial charge < -0.3 is 10.2 Å². The van der Waals surface area contributed by atoms with Crippen molar-refractivity contribution in [2.75, 3.05) is 31.6 Å². The topological polar surface area (TPSA) is 69.7 Å². The van der Waals surface area contributed by atoms with Crippen molar-refractivity contribution in [3.63, 3.8) is 0 Å². The van der Waals surface area contributed by atoms with E-state index in [1.54, 1.807) is 30.1 Å². The van der Waals surface area contributed by atoms with Gasteiger partial charge in [-0.25, -0.2) is 8.42 Å². The summed E-state index contributed by atoms with van der Waals surface area (Å²) in [4.78, 5) is 13.5. The van der Waals surface area contributed by atoms with Crippen molar-refractivity contribution in [3.8, 4) is 0 Å². The van der Waals surface area contributed by atoms with E-state index >= 15 is 0 Å². The second-order valence-corrected chi connectivity index (χ2v) is 7.33. The SMILES string of the molecule is CCN(C1CNC1)S(=O)(=O)c1ccc2c(c1)CC(=O)N2C. The highest BCUT2D eigenvalue weighted by Gasteiger charge is 2.34. The molecule has 0 atom stereocenters. The second kappa shape index (κ2) is 5.08. The summed E-state index contributed by atoms with van der Waals surface area (Å²) in [6.45, 7) is 3.68. The van der Waals surface area contributed by atoms with Crippen molar-refractivity contribution in [1.29, 1.82) is 0 Å². The number of rotatable bonds is 4. The maximum absolute atomic E-state index is 12.8. The summed E-state index contributed by atoms with van der Waals surface area (Å²) in [7, 11) is -1.80. The van der Waals surface area contributed by atoms with Crippen molar-refractivity contribution < 1.29 is 13.2 Å². The van der Waals surface area contributed by atoms with Crippen LogP contribution in [0.1, 0.15) is 12.5 Å². The van der Waals surface area contributed by atoms with Gasteiger partial charge in [0.1, 0.15) is 0 Å². The number of nitrogens with one attached hydrogen (secondary N) is 1. The van der Waals surface area contributed by atoms with E-state index in [1.807, 2.05) is 6.92 Å². The monoisotopic (exact) mass is 309 g/mol. The summed E-state index contributed by atoms with van der Waals surface area (Å²) in [5.41, 5.74) is 1.58. The molecule has 114 valence electrons. The zero-order valence-corrected chi connectivity index (χ0v) is 13.0. The Labute approximate surface area is 124 Å². The average molecular weight is 309 g/mol. The molecule has 1 aromatic rings. The zero-order chi connectivity index (χ0) is 15.2. The number of hydrogen-bond donors (Lipinski definition) is 1. The maximum atomic E-state index is 12.8. The van der Waals surface area contributed by atoms with Crippen LogP contribution in [0.25, 0.3) is 0 Å². The number of amides is 1. The molecule has 1 aromatic carbocycles. The van der Waals surface area contributed by atoms with Crippen LogP contribution in [-0.4, -0.2) is 51.4 Å². The summed E-state index contributed by atoms with van der Waals surface area (Å²) in [5, 5.41) is 3.10. The standard InChI is InChI=1S/C14H19N3O3S/c1-3-17(11-8-15-9-11)21(19,20)12-4-5-13-10(6-12)7-14(18)16(13)2/h4-6,11,15H,3,7-9H2,1-2H3. The van der Waals surface area contributed by atoms with E-state index in [9.17, 15) is 13.2 Å². The van der Waals surface area contributed by atoms with E-state index in [2.05, 4.69) is 5.32 Å². The molecule has 21 heavy (non-hydrogen) atoms. The molecule has 0 unspecified atom stereocenters. The van der Waals surface area contributed by atoms with Gasteiger partial charge in [0, 0.05) is 38.4 Å². The van der Waals surface area contributed by atoms with Gasteiger partial charge in [0.15, 0.2) is 0 Å². The number of benzene rings is 1. The van der Waals surface area contributed by atoms with Gasteiger partial charge in [-0.2, -0.15) is 4.31 Å². The van der Waals surface area contributed by atoms with Crippen LogP contribution in [-0.2, 0) is 21.2 Å². The molecule has 7 heteroatoms. The molecule has 1 fully saturated rings. The summed E-state index contributed by atoms with van der Waals surface area (Å²) >= 11 is 0. The van der Waals surface area contributed by atoms with E-state index in [0.717, 1.165) is 11.3 Å². The van der Waals surface area contributed by atoms with Crippen LogP contribution in [0.2, 0.25) is 0 Å². The van der Waals surface area contributed by atoms with Gasteiger partial charge in [-0.3, -0.25) is 4.79 Å². The van der Waals surface area contributed by atoms with Crippen LogP contribution in [0, 0.1) is 0 Å². The van der Waals surface area contributed by atoms with E-state index in [-0.39, 0.29) is 23.3 Å². The molecule has 0 saturated carbocycles. The van der Waals surface area contributed by atoms with E-state index in [4.69, 9.17) is 0 Å². The van der Waals surface area contributed by atoms with Crippen molar-refractivity contribution >= 4 is 21.6 Å². The minimum Gasteiger partial charge on any atom is -0.315 e. The molecule has 0 aliphatic carbocycles. The fourth-order valence-corrected chi connectivity index (χ4v) is 4.53. The molecule has 6 nitrogen and oxygen atoms in total. The number of carbonyl (C=O) groups excluding carboxylic acids is 1. The number of anilines is 1. The number of likely N-dealkylation sites (N-methyl/N-ethyl adjacent to an activating group) is 2. The van der Waals surface area contributed by atoms with Crippen molar-refractivity contribution in [1.82, 2.24) is 9.62 Å². The molecule has 3 rings (SSSR count). The molecule has 1 saturated heterocycles. The van der Waals surface area contributed by atoms with Crippen LogP contribution >= 0.6 is 0 Å². The first-order chi connectivity index (χ1) is 9.95. The molecule has 1 N–H and O–H groups in total.